The van der Waals surface area contributed by atoms with Gasteiger partial charge in [-0.1, -0.05) is 0 Å². The minimum atomic E-state index is -3.26. The van der Waals surface area contributed by atoms with Crippen molar-refractivity contribution in [3.63, 3.8) is 0 Å². The van der Waals surface area contributed by atoms with E-state index in [1.54, 1.807) is 0 Å². The number of benzene rings is 1. The molecule has 1 atom stereocenters. The summed E-state index contributed by atoms with van der Waals surface area (Å²) in [6, 6.07) is 2.20. The third kappa shape index (κ3) is 2.44. The SMILES string of the molecule is Fc1ccc(C(F)(F)C2CCCNC2)c(F)c1. The fourth-order valence-corrected chi connectivity index (χ4v) is 2.14. The van der Waals surface area contributed by atoms with Crippen LogP contribution in [0.15, 0.2) is 18.2 Å². The highest BCUT2D eigenvalue weighted by Gasteiger charge is 2.43. The molecule has 1 fully saturated rings. The molecule has 2 rings (SSSR count). The van der Waals surface area contributed by atoms with Crippen LogP contribution >= 0.6 is 0 Å². The van der Waals surface area contributed by atoms with Gasteiger partial charge in [-0.2, -0.15) is 0 Å². The maximum atomic E-state index is 14.0. The van der Waals surface area contributed by atoms with Crippen LogP contribution in [0.3, 0.4) is 0 Å². The summed E-state index contributed by atoms with van der Waals surface area (Å²) in [4.78, 5) is 0. The lowest BCUT2D eigenvalue weighted by Gasteiger charge is -2.30. The van der Waals surface area contributed by atoms with Gasteiger partial charge in [-0.15, -0.1) is 0 Å². The number of hydrogen-bond donors (Lipinski definition) is 1. The molecule has 5 heteroatoms. The zero-order valence-electron chi connectivity index (χ0n) is 9.15. The molecule has 0 amide bonds. The molecule has 1 aliphatic rings. The third-order valence-electron chi connectivity index (χ3n) is 3.10. The van der Waals surface area contributed by atoms with Gasteiger partial charge >= 0.3 is 0 Å². The van der Waals surface area contributed by atoms with Crippen molar-refractivity contribution in [3.8, 4) is 0 Å². The second kappa shape index (κ2) is 4.64. The number of hydrogen-bond acceptors (Lipinski definition) is 1. The Hall–Kier alpha value is -1.10. The second-order valence-corrected chi connectivity index (χ2v) is 4.29. The highest BCUT2D eigenvalue weighted by Crippen LogP contribution is 2.40. The number of piperidine rings is 1. The molecular weight excluding hydrogens is 234 g/mol. The van der Waals surface area contributed by atoms with Gasteiger partial charge in [-0.05, 0) is 31.5 Å². The molecule has 0 saturated carbocycles. The van der Waals surface area contributed by atoms with Gasteiger partial charge < -0.3 is 5.32 Å². The van der Waals surface area contributed by atoms with E-state index in [9.17, 15) is 17.6 Å². The normalized spacial score (nSPS) is 21.5. The second-order valence-electron chi connectivity index (χ2n) is 4.29. The van der Waals surface area contributed by atoms with Crippen molar-refractivity contribution >= 4 is 0 Å². The van der Waals surface area contributed by atoms with Crippen molar-refractivity contribution in [2.24, 2.45) is 5.92 Å². The van der Waals surface area contributed by atoms with Crippen LogP contribution in [-0.4, -0.2) is 13.1 Å². The van der Waals surface area contributed by atoms with Crippen LogP contribution in [0.5, 0.6) is 0 Å². The Kier molecular flexibility index (Phi) is 3.38. The largest absolute Gasteiger partial charge is 0.316 e. The molecule has 94 valence electrons. The van der Waals surface area contributed by atoms with Gasteiger partial charge in [0.2, 0.25) is 0 Å². The molecule has 1 aromatic rings. The Bertz CT molecular complexity index is 399. The smallest absolute Gasteiger partial charge is 0.280 e. The molecular formula is C12H13F4N. The van der Waals surface area contributed by atoms with Crippen molar-refractivity contribution < 1.29 is 17.6 Å². The third-order valence-corrected chi connectivity index (χ3v) is 3.10. The summed E-state index contributed by atoms with van der Waals surface area (Å²) in [6.45, 7) is 0.863. The molecule has 0 bridgehead atoms. The van der Waals surface area contributed by atoms with Gasteiger partial charge in [-0.3, -0.25) is 0 Å². The molecule has 1 nitrogen and oxygen atoms in total. The van der Waals surface area contributed by atoms with E-state index >= 15 is 0 Å². The van der Waals surface area contributed by atoms with Crippen LogP contribution in [0, 0.1) is 17.6 Å². The molecule has 1 aromatic carbocycles. The monoisotopic (exact) mass is 247 g/mol. The van der Waals surface area contributed by atoms with Crippen LogP contribution in [0.2, 0.25) is 0 Å². The number of nitrogens with one attached hydrogen (secondary N) is 1. The summed E-state index contributed by atoms with van der Waals surface area (Å²) in [5.41, 5.74) is -0.715. The minimum Gasteiger partial charge on any atom is -0.316 e. The van der Waals surface area contributed by atoms with Crippen LogP contribution < -0.4 is 5.32 Å². The summed E-state index contributed by atoms with van der Waals surface area (Å²) < 4.78 is 54.1. The molecule has 1 saturated heterocycles. The molecule has 1 unspecified atom stereocenters. The Balaban J connectivity index is 2.29. The summed E-state index contributed by atoms with van der Waals surface area (Å²) in [7, 11) is 0. The first-order valence-corrected chi connectivity index (χ1v) is 5.56. The van der Waals surface area contributed by atoms with Crippen LogP contribution in [0.1, 0.15) is 18.4 Å². The summed E-state index contributed by atoms with van der Waals surface area (Å²) in [6.07, 6.45) is 0.986. The van der Waals surface area contributed by atoms with E-state index in [1.807, 2.05) is 0 Å². The quantitative estimate of drug-likeness (QED) is 0.792. The van der Waals surface area contributed by atoms with Crippen molar-refractivity contribution in [2.75, 3.05) is 13.1 Å². The highest BCUT2D eigenvalue weighted by molar-refractivity contribution is 5.24. The fourth-order valence-electron chi connectivity index (χ4n) is 2.14. The zero-order valence-corrected chi connectivity index (χ0v) is 9.15. The van der Waals surface area contributed by atoms with Crippen molar-refractivity contribution in [1.29, 1.82) is 0 Å². The van der Waals surface area contributed by atoms with E-state index in [0.717, 1.165) is 12.1 Å². The van der Waals surface area contributed by atoms with Crippen LogP contribution in [0.25, 0.3) is 0 Å². The van der Waals surface area contributed by atoms with E-state index < -0.39 is 29.0 Å². The first-order chi connectivity index (χ1) is 8.01. The molecule has 1 aliphatic heterocycles. The fraction of sp³-hybridized carbons (Fsp3) is 0.500. The van der Waals surface area contributed by atoms with Gasteiger partial charge in [-0.25, -0.2) is 17.6 Å². The number of alkyl halides is 2. The molecule has 0 aromatic heterocycles. The van der Waals surface area contributed by atoms with Gasteiger partial charge in [0.25, 0.3) is 5.92 Å². The Morgan fingerprint density at radius 2 is 2.00 bits per heavy atom. The summed E-state index contributed by atoms with van der Waals surface area (Å²) in [5, 5.41) is 2.87. The van der Waals surface area contributed by atoms with E-state index in [-0.39, 0.29) is 6.54 Å². The Morgan fingerprint density at radius 1 is 1.24 bits per heavy atom. The Labute approximate surface area is 96.8 Å². The van der Waals surface area contributed by atoms with Crippen molar-refractivity contribution in [3.05, 3.63) is 35.4 Å². The number of rotatable bonds is 2. The van der Waals surface area contributed by atoms with Gasteiger partial charge in [0.05, 0.1) is 5.56 Å². The molecule has 1 N–H and O–H groups in total. The standard InChI is InChI=1S/C12H13F4N/c13-9-3-4-10(11(14)6-9)12(15,16)8-2-1-5-17-7-8/h3-4,6,8,17H,1-2,5,7H2. The van der Waals surface area contributed by atoms with E-state index in [0.29, 0.717) is 25.5 Å². The Morgan fingerprint density at radius 3 is 2.59 bits per heavy atom. The van der Waals surface area contributed by atoms with Gasteiger partial charge in [0, 0.05) is 18.5 Å². The molecule has 17 heavy (non-hydrogen) atoms. The zero-order chi connectivity index (χ0) is 12.5. The molecule has 0 radical (unpaired) electrons. The molecule has 1 heterocycles. The molecule has 0 aliphatic carbocycles. The van der Waals surface area contributed by atoms with Crippen LogP contribution in [-0.2, 0) is 5.92 Å². The summed E-state index contributed by atoms with van der Waals surface area (Å²) >= 11 is 0. The average molecular weight is 247 g/mol. The average Bonchev–Trinajstić information content (AvgIpc) is 2.29. The van der Waals surface area contributed by atoms with Gasteiger partial charge in [0.15, 0.2) is 0 Å². The topological polar surface area (TPSA) is 12.0 Å². The maximum absolute atomic E-state index is 14.0. The summed E-state index contributed by atoms with van der Waals surface area (Å²) in [5.74, 6) is -6.22. The number of halogens is 4. The van der Waals surface area contributed by atoms with Crippen molar-refractivity contribution in [2.45, 2.75) is 18.8 Å². The molecule has 0 spiro atoms. The van der Waals surface area contributed by atoms with Crippen LogP contribution in [0.4, 0.5) is 17.6 Å². The lowest BCUT2D eigenvalue weighted by molar-refractivity contribution is -0.0752. The maximum Gasteiger partial charge on any atom is 0.280 e. The van der Waals surface area contributed by atoms with Crippen molar-refractivity contribution in [1.82, 2.24) is 5.32 Å². The highest BCUT2D eigenvalue weighted by atomic mass is 19.3. The van der Waals surface area contributed by atoms with E-state index in [1.165, 1.54) is 0 Å². The van der Waals surface area contributed by atoms with E-state index in [2.05, 4.69) is 5.32 Å². The first kappa shape index (κ1) is 12.4. The first-order valence-electron chi connectivity index (χ1n) is 5.56. The lowest BCUT2D eigenvalue weighted by Crippen LogP contribution is -2.39. The predicted molar refractivity (Wildman–Crippen MR) is 55.8 cm³/mol. The predicted octanol–water partition coefficient (Wildman–Crippen LogP) is 3.06. The van der Waals surface area contributed by atoms with Gasteiger partial charge in [0.1, 0.15) is 11.6 Å². The lowest BCUT2D eigenvalue weighted by atomic mass is 9.88. The van der Waals surface area contributed by atoms with E-state index in [4.69, 9.17) is 0 Å². The minimum absolute atomic E-state index is 0.157.